The SMILES string of the molecule is Nc1cc(N)cc(C(=O)N(Cc2ccco2)C2CC2)c1. The highest BCUT2D eigenvalue weighted by atomic mass is 16.3. The molecule has 1 saturated carbocycles. The number of anilines is 2. The van der Waals surface area contributed by atoms with Crippen LogP contribution in [-0.2, 0) is 6.54 Å². The number of amides is 1. The van der Waals surface area contributed by atoms with Gasteiger partial charge in [0.15, 0.2) is 0 Å². The van der Waals surface area contributed by atoms with E-state index in [2.05, 4.69) is 0 Å². The molecule has 1 aliphatic carbocycles. The minimum Gasteiger partial charge on any atom is -0.467 e. The van der Waals surface area contributed by atoms with Gasteiger partial charge in [0, 0.05) is 23.0 Å². The lowest BCUT2D eigenvalue weighted by Gasteiger charge is -2.21. The van der Waals surface area contributed by atoms with Crippen molar-refractivity contribution in [2.24, 2.45) is 0 Å². The predicted molar refractivity (Wildman–Crippen MR) is 76.9 cm³/mol. The molecule has 1 aromatic carbocycles. The molecule has 1 fully saturated rings. The Hall–Kier alpha value is -2.43. The van der Waals surface area contributed by atoms with Crippen molar-refractivity contribution in [3.63, 3.8) is 0 Å². The molecule has 3 rings (SSSR count). The number of carbonyl (C=O) groups is 1. The van der Waals surface area contributed by atoms with E-state index in [0.717, 1.165) is 18.6 Å². The third kappa shape index (κ3) is 2.61. The number of nitrogen functional groups attached to an aromatic ring is 2. The van der Waals surface area contributed by atoms with E-state index in [4.69, 9.17) is 15.9 Å². The summed E-state index contributed by atoms with van der Waals surface area (Å²) in [6.07, 6.45) is 3.68. The van der Waals surface area contributed by atoms with Crippen LogP contribution in [0.2, 0.25) is 0 Å². The highest BCUT2D eigenvalue weighted by Crippen LogP contribution is 2.30. The van der Waals surface area contributed by atoms with Gasteiger partial charge in [-0.2, -0.15) is 0 Å². The summed E-state index contributed by atoms with van der Waals surface area (Å²) >= 11 is 0. The fourth-order valence-corrected chi connectivity index (χ4v) is 2.29. The van der Waals surface area contributed by atoms with Gasteiger partial charge in [-0.15, -0.1) is 0 Å². The summed E-state index contributed by atoms with van der Waals surface area (Å²) in [6, 6.07) is 8.95. The van der Waals surface area contributed by atoms with Crippen molar-refractivity contribution in [2.75, 3.05) is 11.5 Å². The van der Waals surface area contributed by atoms with Crippen LogP contribution < -0.4 is 11.5 Å². The third-order valence-corrected chi connectivity index (χ3v) is 3.38. The third-order valence-electron chi connectivity index (χ3n) is 3.38. The summed E-state index contributed by atoms with van der Waals surface area (Å²) in [7, 11) is 0. The maximum Gasteiger partial charge on any atom is 0.254 e. The van der Waals surface area contributed by atoms with Crippen LogP contribution in [-0.4, -0.2) is 16.8 Å². The molecule has 1 aliphatic rings. The largest absolute Gasteiger partial charge is 0.467 e. The highest BCUT2D eigenvalue weighted by Gasteiger charge is 2.33. The molecule has 2 aromatic rings. The molecule has 5 nitrogen and oxygen atoms in total. The molecule has 5 heteroatoms. The quantitative estimate of drug-likeness (QED) is 0.835. The Bertz CT molecular complexity index is 598. The number of furan rings is 1. The first-order chi connectivity index (χ1) is 9.63. The van der Waals surface area contributed by atoms with Crippen LogP contribution in [0.1, 0.15) is 29.0 Å². The van der Waals surface area contributed by atoms with Gasteiger partial charge in [0.2, 0.25) is 0 Å². The van der Waals surface area contributed by atoms with Gasteiger partial charge in [0.1, 0.15) is 5.76 Å². The van der Waals surface area contributed by atoms with Gasteiger partial charge in [0.05, 0.1) is 12.8 Å². The van der Waals surface area contributed by atoms with Crippen molar-refractivity contribution < 1.29 is 9.21 Å². The summed E-state index contributed by atoms with van der Waals surface area (Å²) in [5.74, 6) is 0.727. The first-order valence-electron chi connectivity index (χ1n) is 6.63. The van der Waals surface area contributed by atoms with Gasteiger partial charge in [0.25, 0.3) is 5.91 Å². The number of nitrogens with two attached hydrogens (primary N) is 2. The number of benzene rings is 1. The molecule has 0 saturated heterocycles. The molecule has 4 N–H and O–H groups in total. The summed E-state index contributed by atoms with van der Waals surface area (Å²) in [5, 5.41) is 0. The summed E-state index contributed by atoms with van der Waals surface area (Å²) < 4.78 is 5.33. The van der Waals surface area contributed by atoms with Crippen molar-refractivity contribution in [2.45, 2.75) is 25.4 Å². The van der Waals surface area contributed by atoms with Crippen LogP contribution in [0.4, 0.5) is 11.4 Å². The highest BCUT2D eigenvalue weighted by molar-refractivity contribution is 5.96. The number of nitrogens with zero attached hydrogens (tertiary/aromatic N) is 1. The van der Waals surface area contributed by atoms with Gasteiger partial charge in [-0.3, -0.25) is 4.79 Å². The number of rotatable bonds is 4. The Morgan fingerprint density at radius 3 is 2.50 bits per heavy atom. The van der Waals surface area contributed by atoms with Crippen molar-refractivity contribution in [3.8, 4) is 0 Å². The van der Waals surface area contributed by atoms with Gasteiger partial charge < -0.3 is 20.8 Å². The molecule has 0 aliphatic heterocycles. The molecule has 0 radical (unpaired) electrons. The van der Waals surface area contributed by atoms with Crippen molar-refractivity contribution in [1.82, 2.24) is 4.90 Å². The second-order valence-electron chi connectivity index (χ2n) is 5.13. The van der Waals surface area contributed by atoms with Crippen LogP contribution >= 0.6 is 0 Å². The van der Waals surface area contributed by atoms with Crippen LogP contribution in [0, 0.1) is 0 Å². The lowest BCUT2D eigenvalue weighted by atomic mass is 10.1. The van der Waals surface area contributed by atoms with Gasteiger partial charge in [-0.25, -0.2) is 0 Å². The molecule has 1 amide bonds. The zero-order valence-electron chi connectivity index (χ0n) is 11.1. The second-order valence-corrected chi connectivity index (χ2v) is 5.13. The van der Waals surface area contributed by atoms with Gasteiger partial charge in [-0.05, 0) is 43.2 Å². The van der Waals surface area contributed by atoms with E-state index in [1.54, 1.807) is 24.5 Å². The van der Waals surface area contributed by atoms with Gasteiger partial charge >= 0.3 is 0 Å². The van der Waals surface area contributed by atoms with E-state index >= 15 is 0 Å². The average molecular weight is 271 g/mol. The fraction of sp³-hybridized carbons (Fsp3) is 0.267. The Morgan fingerprint density at radius 2 is 1.95 bits per heavy atom. The van der Waals surface area contributed by atoms with Crippen molar-refractivity contribution >= 4 is 17.3 Å². The molecule has 0 atom stereocenters. The Balaban J connectivity index is 1.85. The number of hydrogen-bond donors (Lipinski definition) is 2. The normalized spacial score (nSPS) is 14.2. The Labute approximate surface area is 117 Å². The maximum atomic E-state index is 12.6. The molecule has 1 aromatic heterocycles. The fourth-order valence-electron chi connectivity index (χ4n) is 2.29. The van der Waals surface area contributed by atoms with Crippen LogP contribution in [0.25, 0.3) is 0 Å². The second kappa shape index (κ2) is 4.92. The molecule has 1 heterocycles. The molecule has 0 spiro atoms. The summed E-state index contributed by atoms with van der Waals surface area (Å²) in [4.78, 5) is 14.5. The average Bonchev–Trinajstić information content (AvgIpc) is 3.11. The zero-order valence-corrected chi connectivity index (χ0v) is 11.1. The van der Waals surface area contributed by atoms with E-state index in [9.17, 15) is 4.79 Å². The monoisotopic (exact) mass is 271 g/mol. The van der Waals surface area contributed by atoms with Crippen LogP contribution in [0.3, 0.4) is 0 Å². The van der Waals surface area contributed by atoms with E-state index in [-0.39, 0.29) is 11.9 Å². The lowest BCUT2D eigenvalue weighted by molar-refractivity contribution is 0.0717. The smallest absolute Gasteiger partial charge is 0.254 e. The zero-order chi connectivity index (χ0) is 14.1. The molecular formula is C15H17N3O2. The standard InChI is InChI=1S/C15H17N3O2/c16-11-6-10(7-12(17)8-11)15(19)18(13-3-4-13)9-14-2-1-5-20-14/h1-2,5-8,13H,3-4,9,16-17H2. The first kappa shape index (κ1) is 12.6. The molecule has 0 bridgehead atoms. The topological polar surface area (TPSA) is 85.5 Å². The Morgan fingerprint density at radius 1 is 1.25 bits per heavy atom. The number of carbonyl (C=O) groups excluding carboxylic acids is 1. The van der Waals surface area contributed by atoms with Crippen LogP contribution in [0.5, 0.6) is 0 Å². The van der Waals surface area contributed by atoms with Crippen molar-refractivity contribution in [3.05, 3.63) is 47.9 Å². The van der Waals surface area contributed by atoms with E-state index in [1.807, 2.05) is 17.0 Å². The lowest BCUT2D eigenvalue weighted by Crippen LogP contribution is -2.32. The summed E-state index contributed by atoms with van der Waals surface area (Å²) in [6.45, 7) is 0.477. The maximum absolute atomic E-state index is 12.6. The van der Waals surface area contributed by atoms with Gasteiger partial charge in [-0.1, -0.05) is 0 Å². The Kier molecular flexibility index (Phi) is 3.10. The van der Waals surface area contributed by atoms with E-state index in [0.29, 0.717) is 23.5 Å². The van der Waals surface area contributed by atoms with E-state index < -0.39 is 0 Å². The molecule has 20 heavy (non-hydrogen) atoms. The minimum atomic E-state index is -0.0529. The van der Waals surface area contributed by atoms with Crippen molar-refractivity contribution in [1.29, 1.82) is 0 Å². The molecule has 0 unspecified atom stereocenters. The summed E-state index contributed by atoms with van der Waals surface area (Å²) in [5.41, 5.74) is 13.0. The predicted octanol–water partition coefficient (Wildman–Crippen LogP) is 2.25. The first-order valence-corrected chi connectivity index (χ1v) is 6.63. The van der Waals surface area contributed by atoms with Crippen LogP contribution in [0.15, 0.2) is 41.0 Å². The minimum absolute atomic E-state index is 0.0529. The molecule has 104 valence electrons. The van der Waals surface area contributed by atoms with E-state index in [1.165, 1.54) is 0 Å². The number of hydrogen-bond acceptors (Lipinski definition) is 4. The molecular weight excluding hydrogens is 254 g/mol.